The molecule has 6 rings (SSSR count). The summed E-state index contributed by atoms with van der Waals surface area (Å²) in [6.07, 6.45) is 11.0. The van der Waals surface area contributed by atoms with Crippen LogP contribution in [0.5, 0.6) is 0 Å². The van der Waals surface area contributed by atoms with Gasteiger partial charge in [-0.05, 0) is 62.3 Å². The van der Waals surface area contributed by atoms with Crippen LogP contribution >= 0.6 is 0 Å². The average Bonchev–Trinajstić information content (AvgIpc) is 2.81. The van der Waals surface area contributed by atoms with Crippen molar-refractivity contribution >= 4 is 10.9 Å². The average molecular weight is 252 g/mol. The normalized spacial score (nSPS) is 40.1. The molecule has 2 aromatic rings. The lowest BCUT2D eigenvalue weighted by molar-refractivity contribution is -0.0490. The van der Waals surface area contributed by atoms with Crippen LogP contribution in [0.1, 0.15) is 38.5 Å². The summed E-state index contributed by atoms with van der Waals surface area (Å²) in [5.41, 5.74) is 1.53. The van der Waals surface area contributed by atoms with Gasteiger partial charge >= 0.3 is 0 Å². The van der Waals surface area contributed by atoms with Crippen LogP contribution < -0.4 is 0 Å². The van der Waals surface area contributed by atoms with Gasteiger partial charge in [-0.1, -0.05) is 18.2 Å². The first-order chi connectivity index (χ1) is 9.31. The van der Waals surface area contributed by atoms with E-state index in [0.717, 1.165) is 17.8 Å². The molecule has 4 aliphatic carbocycles. The summed E-state index contributed by atoms with van der Waals surface area (Å²) in [6, 6.07) is 8.55. The van der Waals surface area contributed by atoms with Gasteiger partial charge in [-0.2, -0.15) is 5.10 Å². The first-order valence-corrected chi connectivity index (χ1v) is 7.76. The Balaban J connectivity index is 1.64. The van der Waals surface area contributed by atoms with E-state index >= 15 is 0 Å². The van der Waals surface area contributed by atoms with Crippen LogP contribution in [-0.4, -0.2) is 9.78 Å². The lowest BCUT2D eigenvalue weighted by Gasteiger charge is -2.56. The molecule has 1 aromatic heterocycles. The van der Waals surface area contributed by atoms with Gasteiger partial charge in [0.1, 0.15) is 0 Å². The van der Waals surface area contributed by atoms with Crippen molar-refractivity contribution in [1.29, 1.82) is 0 Å². The lowest BCUT2D eigenvalue weighted by Crippen LogP contribution is -2.52. The van der Waals surface area contributed by atoms with Gasteiger partial charge in [0.25, 0.3) is 0 Å². The molecule has 0 saturated heterocycles. The third-order valence-electron chi connectivity index (χ3n) is 5.91. The Morgan fingerprint density at radius 2 is 1.58 bits per heavy atom. The van der Waals surface area contributed by atoms with E-state index in [-0.39, 0.29) is 0 Å². The van der Waals surface area contributed by atoms with Crippen LogP contribution in [0, 0.1) is 17.8 Å². The Morgan fingerprint density at radius 1 is 0.947 bits per heavy atom. The van der Waals surface area contributed by atoms with E-state index in [4.69, 9.17) is 5.10 Å². The maximum atomic E-state index is 4.92. The molecule has 19 heavy (non-hydrogen) atoms. The maximum absolute atomic E-state index is 4.92. The number of hydrogen-bond acceptors (Lipinski definition) is 1. The first-order valence-electron chi connectivity index (χ1n) is 7.76. The Hall–Kier alpha value is -1.31. The van der Waals surface area contributed by atoms with Crippen molar-refractivity contribution in [2.45, 2.75) is 44.1 Å². The molecule has 0 unspecified atom stereocenters. The molecule has 1 aromatic carbocycles. The van der Waals surface area contributed by atoms with Gasteiger partial charge in [0.05, 0.1) is 11.1 Å². The highest BCUT2D eigenvalue weighted by atomic mass is 15.3. The zero-order chi connectivity index (χ0) is 12.4. The predicted octanol–water partition coefficient (Wildman–Crippen LogP) is 3.96. The van der Waals surface area contributed by atoms with Gasteiger partial charge in [-0.15, -0.1) is 0 Å². The zero-order valence-electron chi connectivity index (χ0n) is 11.3. The number of hydrogen-bond donors (Lipinski definition) is 0. The minimum absolute atomic E-state index is 0.369. The Bertz CT molecular complexity index is 571. The second kappa shape index (κ2) is 3.41. The van der Waals surface area contributed by atoms with Crippen LogP contribution in [0.3, 0.4) is 0 Å². The van der Waals surface area contributed by atoms with Crippen molar-refractivity contribution < 1.29 is 0 Å². The molecule has 0 radical (unpaired) electrons. The summed E-state index contributed by atoms with van der Waals surface area (Å²) < 4.78 is 2.36. The maximum Gasteiger partial charge on any atom is 0.0923 e. The second-order valence-electron chi connectivity index (χ2n) is 7.27. The fourth-order valence-electron chi connectivity index (χ4n) is 5.55. The van der Waals surface area contributed by atoms with E-state index in [0.29, 0.717) is 5.54 Å². The fraction of sp³-hybridized carbons (Fsp3) is 0.588. The second-order valence-corrected chi connectivity index (χ2v) is 7.27. The predicted molar refractivity (Wildman–Crippen MR) is 75.9 cm³/mol. The molecular weight excluding hydrogens is 232 g/mol. The van der Waals surface area contributed by atoms with Crippen molar-refractivity contribution in [3.63, 3.8) is 0 Å². The summed E-state index contributed by atoms with van der Waals surface area (Å²) in [6.45, 7) is 0. The van der Waals surface area contributed by atoms with Gasteiger partial charge in [0.2, 0.25) is 0 Å². The van der Waals surface area contributed by atoms with E-state index in [1.165, 1.54) is 49.4 Å². The number of nitrogens with zero attached hydrogens (tertiary/aromatic N) is 2. The first kappa shape index (κ1) is 10.5. The van der Waals surface area contributed by atoms with E-state index < -0.39 is 0 Å². The molecule has 4 fully saturated rings. The summed E-state index contributed by atoms with van der Waals surface area (Å²) in [5, 5.41) is 6.22. The molecule has 0 atom stereocenters. The molecule has 0 N–H and O–H groups in total. The number of rotatable bonds is 1. The smallest absolute Gasteiger partial charge is 0.0923 e. The Kier molecular flexibility index (Phi) is 1.88. The highest BCUT2D eigenvalue weighted by Crippen LogP contribution is 2.58. The standard InChI is InChI=1S/C17H20N2/c1-2-4-16-15(3-1)11-19(18-16)17-8-12-5-13(9-17)7-14(6-12)10-17/h1-4,11-14H,5-10H2. The van der Waals surface area contributed by atoms with Gasteiger partial charge in [-0.3, -0.25) is 4.68 Å². The highest BCUT2D eigenvalue weighted by Gasteiger charge is 2.52. The van der Waals surface area contributed by atoms with E-state index in [9.17, 15) is 0 Å². The molecule has 1 heterocycles. The SMILES string of the molecule is c1ccc2nn(C34CC5CC(CC(C5)C3)C4)cc2c1. The number of benzene rings is 1. The van der Waals surface area contributed by atoms with Gasteiger partial charge in [-0.25, -0.2) is 0 Å². The van der Waals surface area contributed by atoms with Crippen molar-refractivity contribution in [2.24, 2.45) is 17.8 Å². The van der Waals surface area contributed by atoms with Crippen LogP contribution in [-0.2, 0) is 5.54 Å². The quantitative estimate of drug-likeness (QED) is 0.751. The molecule has 4 aliphatic rings. The van der Waals surface area contributed by atoms with Crippen LogP contribution in [0.25, 0.3) is 10.9 Å². The third kappa shape index (κ3) is 1.40. The Labute approximate surface area is 113 Å². The van der Waals surface area contributed by atoms with Gasteiger partial charge < -0.3 is 0 Å². The van der Waals surface area contributed by atoms with Crippen molar-refractivity contribution in [2.75, 3.05) is 0 Å². The highest BCUT2D eigenvalue weighted by molar-refractivity contribution is 5.77. The van der Waals surface area contributed by atoms with Crippen molar-refractivity contribution in [3.8, 4) is 0 Å². The molecule has 0 spiro atoms. The van der Waals surface area contributed by atoms with Gasteiger partial charge in [0.15, 0.2) is 0 Å². The summed E-state index contributed by atoms with van der Waals surface area (Å²) >= 11 is 0. The topological polar surface area (TPSA) is 17.8 Å². The largest absolute Gasteiger partial charge is 0.265 e. The molecular formula is C17H20N2. The molecule has 0 amide bonds. The summed E-state index contributed by atoms with van der Waals surface area (Å²) in [7, 11) is 0. The van der Waals surface area contributed by atoms with E-state index in [1.54, 1.807) is 0 Å². The number of aromatic nitrogens is 2. The molecule has 2 nitrogen and oxygen atoms in total. The molecule has 2 heteroatoms. The van der Waals surface area contributed by atoms with E-state index in [2.05, 4.69) is 35.1 Å². The molecule has 98 valence electrons. The lowest BCUT2D eigenvalue weighted by atomic mass is 9.53. The van der Waals surface area contributed by atoms with Crippen LogP contribution in [0.15, 0.2) is 30.5 Å². The minimum atomic E-state index is 0.369. The minimum Gasteiger partial charge on any atom is -0.265 e. The summed E-state index contributed by atoms with van der Waals surface area (Å²) in [5.74, 6) is 2.95. The van der Waals surface area contributed by atoms with Crippen molar-refractivity contribution in [1.82, 2.24) is 9.78 Å². The monoisotopic (exact) mass is 252 g/mol. The fourth-order valence-corrected chi connectivity index (χ4v) is 5.55. The molecule has 0 aliphatic heterocycles. The third-order valence-corrected chi connectivity index (χ3v) is 5.91. The zero-order valence-corrected chi connectivity index (χ0v) is 11.3. The Morgan fingerprint density at radius 3 is 2.21 bits per heavy atom. The summed E-state index contributed by atoms with van der Waals surface area (Å²) in [4.78, 5) is 0. The molecule has 4 bridgehead atoms. The number of fused-ring (bicyclic) bond motifs is 1. The van der Waals surface area contributed by atoms with Crippen LogP contribution in [0.2, 0.25) is 0 Å². The van der Waals surface area contributed by atoms with Crippen molar-refractivity contribution in [3.05, 3.63) is 30.5 Å². The van der Waals surface area contributed by atoms with Gasteiger partial charge in [0, 0.05) is 11.6 Å². The van der Waals surface area contributed by atoms with Crippen LogP contribution in [0.4, 0.5) is 0 Å². The molecule has 4 saturated carbocycles. The van der Waals surface area contributed by atoms with E-state index in [1.807, 2.05) is 0 Å².